The van der Waals surface area contributed by atoms with Crippen LogP contribution in [0.1, 0.15) is 6.92 Å². The van der Waals surface area contributed by atoms with Crippen LogP contribution in [0.3, 0.4) is 0 Å². The Labute approximate surface area is 245 Å². The van der Waals surface area contributed by atoms with Gasteiger partial charge in [-0.15, -0.1) is 5.11 Å². The van der Waals surface area contributed by atoms with Crippen molar-refractivity contribution in [2.24, 2.45) is 10.2 Å². The van der Waals surface area contributed by atoms with Gasteiger partial charge in [0.1, 0.15) is 10.6 Å². The van der Waals surface area contributed by atoms with Gasteiger partial charge in [-0.05, 0) is 36.4 Å². The number of rotatable bonds is 9. The van der Waals surface area contributed by atoms with Crippen LogP contribution in [-0.2, 0) is 39.3 Å². The first-order valence-electron chi connectivity index (χ1n) is 8.63. The zero-order chi connectivity index (χ0) is 25.0. The molecule has 182 valence electrons. The minimum absolute atomic E-state index is 0. The number of sulfone groups is 1. The molecular weight excluding hydrogens is 550 g/mol. The van der Waals surface area contributed by atoms with E-state index in [1.54, 1.807) is 0 Å². The van der Waals surface area contributed by atoms with Gasteiger partial charge in [0.15, 0.2) is 9.84 Å². The molecule has 0 spiro atoms. The third-order valence-electron chi connectivity index (χ3n) is 3.77. The Morgan fingerprint density at radius 3 is 2.06 bits per heavy atom. The first-order chi connectivity index (χ1) is 15.1. The van der Waals surface area contributed by atoms with E-state index in [4.69, 9.17) is 10.3 Å². The number of nitrogen functional groups attached to an aromatic ring is 1. The van der Waals surface area contributed by atoms with Crippen molar-refractivity contribution in [2.75, 3.05) is 23.4 Å². The molecule has 0 aliphatic carbocycles. The number of nitrogens with zero attached hydrogens (tertiary/aromatic N) is 2. The van der Waals surface area contributed by atoms with Gasteiger partial charge in [-0.1, -0.05) is 0 Å². The van der Waals surface area contributed by atoms with Crippen LogP contribution in [0.4, 0.5) is 22.7 Å². The van der Waals surface area contributed by atoms with Crippen molar-refractivity contribution in [3.8, 4) is 0 Å². The summed E-state index contributed by atoms with van der Waals surface area (Å²) in [6.07, 6.45) is 0. The number of nitrogens with two attached hydrogens (primary N) is 1. The fourth-order valence-corrected chi connectivity index (χ4v) is 4.49. The predicted octanol–water partition coefficient (Wildman–Crippen LogP) is 0.721. The molecule has 1 amide bonds. The molecule has 2 radical (unpaired) electrons. The number of anilines is 2. The van der Waals surface area contributed by atoms with E-state index in [1.807, 2.05) is 0 Å². The SMILES string of the molecule is CC(=O)Nc1cc(N)c(S(=O)(=O)O)cc1N=Nc1ccc(S(=O)(=O)CCOS(=O)(=O)O)cc1.[Na].[Na]. The number of hydrogen-bond acceptors (Lipinski definition) is 11. The molecule has 14 nitrogen and oxygen atoms in total. The number of carbonyl (C=O) groups excluding carboxylic acids is 1. The zero-order valence-electron chi connectivity index (χ0n) is 18.7. The van der Waals surface area contributed by atoms with E-state index in [2.05, 4.69) is 19.7 Å². The maximum absolute atomic E-state index is 12.2. The molecule has 0 aliphatic rings. The minimum Gasteiger partial charge on any atom is -0.398 e. The number of amides is 1. The topological polar surface area (TPSA) is 232 Å². The summed E-state index contributed by atoms with van der Waals surface area (Å²) >= 11 is 0. The third-order valence-corrected chi connectivity index (χ3v) is 6.84. The third kappa shape index (κ3) is 10.9. The molecule has 0 aromatic heterocycles. The Bertz CT molecular complexity index is 1410. The summed E-state index contributed by atoms with van der Waals surface area (Å²) in [4.78, 5) is 10.5. The quantitative estimate of drug-likeness (QED) is 0.142. The van der Waals surface area contributed by atoms with Crippen LogP contribution in [0.5, 0.6) is 0 Å². The van der Waals surface area contributed by atoms with E-state index in [0.29, 0.717) is 0 Å². The number of carbonyl (C=O) groups is 1. The average molecular weight is 569 g/mol. The summed E-state index contributed by atoms with van der Waals surface area (Å²) in [6.45, 7) is 0.399. The Morgan fingerprint density at radius 1 is 1.00 bits per heavy atom. The molecule has 0 aliphatic heterocycles. The summed E-state index contributed by atoms with van der Waals surface area (Å²) in [5, 5.41) is 10.1. The van der Waals surface area contributed by atoms with E-state index in [9.17, 15) is 34.6 Å². The van der Waals surface area contributed by atoms with Crippen LogP contribution in [0.2, 0.25) is 0 Å². The van der Waals surface area contributed by atoms with Crippen molar-refractivity contribution < 1.29 is 43.3 Å². The van der Waals surface area contributed by atoms with Crippen molar-refractivity contribution in [3.63, 3.8) is 0 Å². The molecule has 0 bridgehead atoms. The van der Waals surface area contributed by atoms with Crippen LogP contribution in [0, 0.1) is 0 Å². The van der Waals surface area contributed by atoms with Gasteiger partial charge in [0.2, 0.25) is 5.91 Å². The largest absolute Gasteiger partial charge is 0.398 e. The first kappa shape index (κ1) is 34.0. The summed E-state index contributed by atoms with van der Waals surface area (Å²) in [5.41, 5.74) is 5.23. The van der Waals surface area contributed by atoms with Gasteiger partial charge in [-0.2, -0.15) is 21.9 Å². The fraction of sp³-hybridized carbons (Fsp3) is 0.188. The van der Waals surface area contributed by atoms with Gasteiger partial charge < -0.3 is 11.1 Å². The molecule has 0 heterocycles. The molecule has 5 N–H and O–H groups in total. The van der Waals surface area contributed by atoms with Gasteiger partial charge in [-0.25, -0.2) is 12.6 Å². The van der Waals surface area contributed by atoms with Gasteiger partial charge in [0.25, 0.3) is 10.1 Å². The Kier molecular flexibility index (Phi) is 13.2. The second-order valence-corrected chi connectivity index (χ2v) is 10.9. The van der Waals surface area contributed by atoms with Gasteiger partial charge in [0.05, 0.1) is 34.3 Å². The number of azo groups is 1. The van der Waals surface area contributed by atoms with Crippen molar-refractivity contribution in [2.45, 2.75) is 16.7 Å². The summed E-state index contributed by atoms with van der Waals surface area (Å²) in [5.74, 6) is -1.24. The van der Waals surface area contributed by atoms with Crippen molar-refractivity contribution in [1.82, 2.24) is 0 Å². The van der Waals surface area contributed by atoms with E-state index in [0.717, 1.165) is 24.3 Å². The van der Waals surface area contributed by atoms with Crippen LogP contribution in [0.15, 0.2) is 56.4 Å². The first-order valence-corrected chi connectivity index (χ1v) is 13.1. The van der Waals surface area contributed by atoms with Crippen molar-refractivity contribution in [3.05, 3.63) is 36.4 Å². The van der Waals surface area contributed by atoms with Gasteiger partial charge in [-0.3, -0.25) is 13.9 Å². The van der Waals surface area contributed by atoms with Crippen molar-refractivity contribution >= 4 is 118 Å². The Hall–Kier alpha value is -0.960. The maximum atomic E-state index is 12.2. The Morgan fingerprint density at radius 2 is 1.57 bits per heavy atom. The van der Waals surface area contributed by atoms with Crippen LogP contribution >= 0.6 is 0 Å². The average Bonchev–Trinajstić information content (AvgIpc) is 2.65. The number of hydrogen-bond donors (Lipinski definition) is 4. The standard InChI is InChI=1S/C16H18N4O10S3.2Na/c1-10(21)18-14-8-13(17)16(32(24,25)26)9-15(14)20-19-11-2-4-12(5-3-11)31(22,23)7-6-30-33(27,28)29;;/h2-5,8-9H,6-7,17H2,1H3,(H,18,21)(H,24,25,26)(H,27,28,29);;. The second kappa shape index (κ2) is 13.5. The number of nitrogens with one attached hydrogen (secondary N) is 1. The molecule has 19 heteroatoms. The van der Waals surface area contributed by atoms with Crippen LogP contribution in [-0.4, -0.2) is 112 Å². The Balaban J connectivity index is 0.00000578. The summed E-state index contributed by atoms with van der Waals surface area (Å²) in [7, 11) is -13.4. The molecule has 0 atom stereocenters. The molecule has 0 saturated carbocycles. The predicted molar refractivity (Wildman–Crippen MR) is 127 cm³/mol. The fourth-order valence-electron chi connectivity index (χ4n) is 2.38. The zero-order valence-corrected chi connectivity index (χ0v) is 25.2. The van der Waals surface area contributed by atoms with Gasteiger partial charge >= 0.3 is 10.4 Å². The minimum atomic E-state index is -4.77. The van der Waals surface area contributed by atoms with Gasteiger partial charge in [0, 0.05) is 66.0 Å². The molecular formula is C16H18N4Na2O10S3. The molecule has 0 saturated heterocycles. The summed E-state index contributed by atoms with van der Waals surface area (Å²) < 4.78 is 90.1. The molecule has 2 rings (SSSR count). The maximum Gasteiger partial charge on any atom is 0.397 e. The van der Waals surface area contributed by atoms with Crippen LogP contribution in [0.25, 0.3) is 0 Å². The monoisotopic (exact) mass is 568 g/mol. The summed E-state index contributed by atoms with van der Waals surface area (Å²) in [6, 6.07) is 6.77. The van der Waals surface area contributed by atoms with Crippen LogP contribution < -0.4 is 11.1 Å². The number of benzene rings is 2. The van der Waals surface area contributed by atoms with E-state index < -0.39 is 53.5 Å². The molecule has 2 aromatic rings. The van der Waals surface area contributed by atoms with Crippen molar-refractivity contribution in [1.29, 1.82) is 0 Å². The molecule has 2 aromatic carbocycles. The normalized spacial score (nSPS) is 12.0. The molecule has 35 heavy (non-hydrogen) atoms. The molecule has 0 unspecified atom stereocenters. The second-order valence-electron chi connectivity index (χ2n) is 6.33. The smallest absolute Gasteiger partial charge is 0.397 e. The van der Waals surface area contributed by atoms with E-state index in [-0.39, 0.29) is 86.8 Å². The van der Waals surface area contributed by atoms with E-state index in [1.165, 1.54) is 19.1 Å². The van der Waals surface area contributed by atoms with E-state index >= 15 is 0 Å². The molecule has 0 fully saturated rings.